The molecular formula is C21H25ClN2O3. The van der Waals surface area contributed by atoms with Gasteiger partial charge in [0.15, 0.2) is 0 Å². The van der Waals surface area contributed by atoms with Crippen LogP contribution in [0.25, 0.3) is 0 Å². The summed E-state index contributed by atoms with van der Waals surface area (Å²) in [7, 11) is 0. The van der Waals surface area contributed by atoms with Crippen molar-refractivity contribution in [2.75, 3.05) is 19.7 Å². The van der Waals surface area contributed by atoms with Crippen LogP contribution >= 0.6 is 11.6 Å². The highest BCUT2D eigenvalue weighted by molar-refractivity contribution is 6.33. The zero-order valence-electron chi connectivity index (χ0n) is 15.5. The van der Waals surface area contributed by atoms with E-state index in [0.717, 1.165) is 12.0 Å². The minimum absolute atomic E-state index is 0.0809. The number of benzene rings is 1. The van der Waals surface area contributed by atoms with Gasteiger partial charge in [0.25, 0.3) is 11.8 Å². The van der Waals surface area contributed by atoms with E-state index in [1.54, 1.807) is 30.3 Å². The van der Waals surface area contributed by atoms with Gasteiger partial charge in [0.2, 0.25) is 0 Å². The summed E-state index contributed by atoms with van der Waals surface area (Å²) >= 11 is 6.03. The van der Waals surface area contributed by atoms with Gasteiger partial charge < -0.3 is 15.4 Å². The van der Waals surface area contributed by atoms with E-state index in [0.29, 0.717) is 35.9 Å². The van der Waals surface area contributed by atoms with Crippen LogP contribution < -0.4 is 10.6 Å². The van der Waals surface area contributed by atoms with Crippen molar-refractivity contribution in [3.05, 3.63) is 71.3 Å². The second kappa shape index (κ2) is 10.1. The van der Waals surface area contributed by atoms with Crippen LogP contribution in [-0.4, -0.2) is 37.6 Å². The molecule has 1 aromatic carbocycles. The highest BCUT2D eigenvalue weighted by atomic mass is 35.5. The minimum Gasteiger partial charge on any atom is -0.376 e. The number of hydrogen-bond donors (Lipinski definition) is 2. The van der Waals surface area contributed by atoms with Crippen LogP contribution in [0.2, 0.25) is 5.02 Å². The summed E-state index contributed by atoms with van der Waals surface area (Å²) in [6.45, 7) is 10.6. The molecule has 2 N–H and O–H groups in total. The van der Waals surface area contributed by atoms with Gasteiger partial charge in [-0.05, 0) is 31.1 Å². The van der Waals surface area contributed by atoms with Crippen LogP contribution in [0, 0.1) is 5.92 Å². The SMILES string of the molecule is C=C/C(C)=C(\C=C)C(=O)NCC1COC(CNC(=O)c2ccccc2Cl)C1. The van der Waals surface area contributed by atoms with Gasteiger partial charge in [-0.15, -0.1) is 0 Å². The van der Waals surface area contributed by atoms with Crippen molar-refractivity contribution in [3.63, 3.8) is 0 Å². The Morgan fingerprint density at radius 3 is 2.63 bits per heavy atom. The van der Waals surface area contributed by atoms with Crippen molar-refractivity contribution in [2.45, 2.75) is 19.4 Å². The van der Waals surface area contributed by atoms with E-state index in [-0.39, 0.29) is 23.8 Å². The topological polar surface area (TPSA) is 67.4 Å². The van der Waals surface area contributed by atoms with Crippen molar-refractivity contribution in [2.24, 2.45) is 5.92 Å². The van der Waals surface area contributed by atoms with E-state index < -0.39 is 0 Å². The van der Waals surface area contributed by atoms with Gasteiger partial charge in [-0.1, -0.05) is 49.0 Å². The number of rotatable bonds is 8. The standard InChI is InChI=1S/C21H25ClN2O3/c1-4-14(3)17(5-2)20(25)23-11-15-10-16(27-13-15)12-24-21(26)18-8-6-7-9-19(18)22/h4-9,15-16H,1-2,10-13H2,3H3,(H,23,25)(H,24,26)/b17-14+. The number of ether oxygens (including phenoxy) is 1. The second-order valence-electron chi connectivity index (χ2n) is 6.46. The lowest BCUT2D eigenvalue weighted by molar-refractivity contribution is -0.117. The predicted molar refractivity (Wildman–Crippen MR) is 108 cm³/mol. The van der Waals surface area contributed by atoms with E-state index in [1.165, 1.54) is 6.08 Å². The number of amides is 2. The first-order valence-corrected chi connectivity index (χ1v) is 9.22. The van der Waals surface area contributed by atoms with E-state index >= 15 is 0 Å². The fourth-order valence-electron chi connectivity index (χ4n) is 2.89. The molecule has 1 saturated heterocycles. The second-order valence-corrected chi connectivity index (χ2v) is 6.87. The maximum atomic E-state index is 12.2. The predicted octanol–water partition coefficient (Wildman–Crippen LogP) is 3.28. The third-order valence-electron chi connectivity index (χ3n) is 4.50. The lowest BCUT2D eigenvalue weighted by atomic mass is 10.0. The van der Waals surface area contributed by atoms with Crippen molar-refractivity contribution in [1.82, 2.24) is 10.6 Å². The van der Waals surface area contributed by atoms with Crippen LogP contribution in [0.15, 0.2) is 60.7 Å². The average molecular weight is 389 g/mol. The van der Waals surface area contributed by atoms with Crippen molar-refractivity contribution < 1.29 is 14.3 Å². The Balaban J connectivity index is 1.78. The molecule has 144 valence electrons. The summed E-state index contributed by atoms with van der Waals surface area (Å²) in [6, 6.07) is 6.91. The van der Waals surface area contributed by atoms with Crippen LogP contribution in [-0.2, 0) is 9.53 Å². The molecular weight excluding hydrogens is 364 g/mol. The Labute approximate surface area is 165 Å². The average Bonchev–Trinajstić information content (AvgIpc) is 3.13. The smallest absolute Gasteiger partial charge is 0.252 e. The van der Waals surface area contributed by atoms with Gasteiger partial charge in [-0.3, -0.25) is 9.59 Å². The molecule has 1 aliphatic rings. The van der Waals surface area contributed by atoms with E-state index in [9.17, 15) is 9.59 Å². The first-order chi connectivity index (χ1) is 13.0. The molecule has 0 spiro atoms. The number of allylic oxidation sites excluding steroid dienone is 2. The summed E-state index contributed by atoms with van der Waals surface area (Å²) in [4.78, 5) is 24.4. The fourth-order valence-corrected chi connectivity index (χ4v) is 3.11. The number of carbonyl (C=O) groups is 2. The molecule has 5 nitrogen and oxygen atoms in total. The Bertz CT molecular complexity index is 758. The van der Waals surface area contributed by atoms with Gasteiger partial charge in [0.05, 0.1) is 23.3 Å². The zero-order chi connectivity index (χ0) is 19.8. The minimum atomic E-state index is -0.221. The maximum absolute atomic E-state index is 12.2. The molecule has 0 saturated carbocycles. The van der Waals surface area contributed by atoms with Crippen LogP contribution in [0.3, 0.4) is 0 Å². The molecule has 0 aromatic heterocycles. The molecule has 0 aliphatic carbocycles. The van der Waals surface area contributed by atoms with Crippen LogP contribution in [0.5, 0.6) is 0 Å². The number of halogens is 1. The fraction of sp³-hybridized carbons (Fsp3) is 0.333. The normalized spacial score (nSPS) is 19.8. The first-order valence-electron chi connectivity index (χ1n) is 8.84. The number of hydrogen-bond acceptors (Lipinski definition) is 3. The molecule has 2 atom stereocenters. The largest absolute Gasteiger partial charge is 0.376 e. The Morgan fingerprint density at radius 1 is 1.22 bits per heavy atom. The Kier molecular flexibility index (Phi) is 7.82. The molecule has 27 heavy (non-hydrogen) atoms. The van der Waals surface area contributed by atoms with Crippen molar-refractivity contribution >= 4 is 23.4 Å². The molecule has 0 radical (unpaired) electrons. The summed E-state index contributed by atoms with van der Waals surface area (Å²) in [5.74, 6) is -0.189. The third-order valence-corrected chi connectivity index (χ3v) is 4.83. The Hall–Kier alpha value is -2.37. The summed E-state index contributed by atoms with van der Waals surface area (Å²) < 4.78 is 5.72. The molecule has 2 rings (SSSR count). The zero-order valence-corrected chi connectivity index (χ0v) is 16.2. The van der Waals surface area contributed by atoms with Gasteiger partial charge in [0, 0.05) is 24.6 Å². The Morgan fingerprint density at radius 2 is 1.96 bits per heavy atom. The van der Waals surface area contributed by atoms with Crippen LogP contribution in [0.1, 0.15) is 23.7 Å². The molecule has 1 aromatic rings. The van der Waals surface area contributed by atoms with Crippen molar-refractivity contribution in [3.8, 4) is 0 Å². The molecule has 1 heterocycles. The van der Waals surface area contributed by atoms with E-state index in [1.807, 2.05) is 6.92 Å². The number of nitrogens with one attached hydrogen (secondary N) is 2. The third kappa shape index (κ3) is 5.81. The monoisotopic (exact) mass is 388 g/mol. The molecule has 0 bridgehead atoms. The first kappa shape index (κ1) is 20.9. The van der Waals surface area contributed by atoms with Crippen LogP contribution in [0.4, 0.5) is 0 Å². The highest BCUT2D eigenvalue weighted by Crippen LogP contribution is 2.19. The van der Waals surface area contributed by atoms with Gasteiger partial charge in [0.1, 0.15) is 0 Å². The maximum Gasteiger partial charge on any atom is 0.252 e. The van der Waals surface area contributed by atoms with E-state index in [2.05, 4.69) is 23.8 Å². The summed E-state index contributed by atoms with van der Waals surface area (Å²) in [6.07, 6.45) is 3.84. The molecule has 2 unspecified atom stereocenters. The number of carbonyl (C=O) groups excluding carboxylic acids is 2. The van der Waals surface area contributed by atoms with Gasteiger partial charge in [-0.25, -0.2) is 0 Å². The lowest BCUT2D eigenvalue weighted by Crippen LogP contribution is -2.33. The summed E-state index contributed by atoms with van der Waals surface area (Å²) in [5.41, 5.74) is 1.75. The molecule has 1 fully saturated rings. The van der Waals surface area contributed by atoms with E-state index in [4.69, 9.17) is 16.3 Å². The summed E-state index contributed by atoms with van der Waals surface area (Å²) in [5, 5.41) is 6.18. The molecule has 2 amide bonds. The lowest BCUT2D eigenvalue weighted by Gasteiger charge is -2.13. The van der Waals surface area contributed by atoms with Gasteiger partial charge >= 0.3 is 0 Å². The highest BCUT2D eigenvalue weighted by Gasteiger charge is 2.26. The van der Waals surface area contributed by atoms with Gasteiger partial charge in [-0.2, -0.15) is 0 Å². The molecule has 1 aliphatic heterocycles. The van der Waals surface area contributed by atoms with Crippen molar-refractivity contribution in [1.29, 1.82) is 0 Å². The molecule has 6 heteroatoms. The quantitative estimate of drug-likeness (QED) is 0.530.